The number of hydrogen-bond acceptors (Lipinski definition) is 4. The summed E-state index contributed by atoms with van der Waals surface area (Å²) in [4.78, 5) is 7.29. The van der Waals surface area contributed by atoms with Crippen LogP contribution in [0.25, 0.3) is 11.0 Å². The first-order chi connectivity index (χ1) is 9.63. The van der Waals surface area contributed by atoms with Gasteiger partial charge in [0.1, 0.15) is 10.5 Å². The molecule has 0 aromatic carbocycles. The molecular formula is C13H17N3O3S. The van der Waals surface area contributed by atoms with Gasteiger partial charge < -0.3 is 10.1 Å². The number of aromatic nitrogens is 2. The van der Waals surface area contributed by atoms with E-state index in [1.807, 2.05) is 0 Å². The molecule has 20 heavy (non-hydrogen) atoms. The number of nitrogens with one attached hydrogen (secondary N) is 1. The van der Waals surface area contributed by atoms with Crippen molar-refractivity contribution >= 4 is 21.1 Å². The Morgan fingerprint density at radius 1 is 1.50 bits per heavy atom. The summed E-state index contributed by atoms with van der Waals surface area (Å²) in [6.45, 7) is 1.10. The van der Waals surface area contributed by atoms with Gasteiger partial charge in [-0.15, -0.1) is 0 Å². The highest BCUT2D eigenvalue weighted by Gasteiger charge is 2.33. The maximum absolute atomic E-state index is 12.7. The van der Waals surface area contributed by atoms with E-state index in [1.165, 1.54) is 10.5 Å². The van der Waals surface area contributed by atoms with E-state index in [0.717, 1.165) is 6.42 Å². The fraction of sp³-hybridized carbons (Fsp3) is 0.462. The van der Waals surface area contributed by atoms with Crippen LogP contribution in [0.2, 0.25) is 0 Å². The Labute approximate surface area is 117 Å². The van der Waals surface area contributed by atoms with Crippen LogP contribution in [0, 0.1) is 5.92 Å². The van der Waals surface area contributed by atoms with Gasteiger partial charge in [0.25, 0.3) is 0 Å². The van der Waals surface area contributed by atoms with Crippen molar-refractivity contribution in [3.8, 4) is 0 Å². The van der Waals surface area contributed by atoms with Gasteiger partial charge in [-0.05, 0) is 30.9 Å². The van der Waals surface area contributed by atoms with E-state index >= 15 is 0 Å². The highest BCUT2D eigenvalue weighted by Crippen LogP contribution is 2.29. The summed E-state index contributed by atoms with van der Waals surface area (Å²) >= 11 is 0. The Hall–Kier alpha value is -1.44. The average Bonchev–Trinajstić information content (AvgIpc) is 3.05. The molecule has 0 saturated carbocycles. The quantitative estimate of drug-likeness (QED) is 0.879. The highest BCUT2D eigenvalue weighted by atomic mass is 32.2. The number of fused-ring (bicyclic) bond motifs is 1. The monoisotopic (exact) mass is 295 g/mol. The number of rotatable bonds is 4. The normalized spacial score (nSPS) is 20.8. The molecule has 2 N–H and O–H groups in total. The largest absolute Gasteiger partial charge is 0.396 e. The second-order valence-electron chi connectivity index (χ2n) is 5.08. The van der Waals surface area contributed by atoms with Crippen molar-refractivity contribution in [3.63, 3.8) is 0 Å². The summed E-state index contributed by atoms with van der Waals surface area (Å²) in [5, 5.41) is 9.58. The predicted octanol–water partition coefficient (Wildman–Crippen LogP) is 0.956. The molecular weight excluding hydrogens is 278 g/mol. The van der Waals surface area contributed by atoms with E-state index in [-0.39, 0.29) is 17.4 Å². The lowest BCUT2D eigenvalue weighted by Crippen LogP contribution is -2.28. The zero-order chi connectivity index (χ0) is 14.2. The molecule has 1 atom stereocenters. The summed E-state index contributed by atoms with van der Waals surface area (Å²) in [5.74, 6) is 0.248. The average molecular weight is 295 g/mol. The molecule has 7 heteroatoms. The van der Waals surface area contributed by atoms with Gasteiger partial charge in [0.05, 0.1) is 0 Å². The molecule has 2 aromatic rings. The van der Waals surface area contributed by atoms with Crippen LogP contribution >= 0.6 is 0 Å². The van der Waals surface area contributed by atoms with Crippen molar-refractivity contribution < 1.29 is 13.5 Å². The fourth-order valence-electron chi connectivity index (χ4n) is 2.72. The van der Waals surface area contributed by atoms with Crippen molar-refractivity contribution in [2.75, 3.05) is 19.7 Å². The van der Waals surface area contributed by atoms with E-state index in [0.29, 0.717) is 30.5 Å². The second kappa shape index (κ2) is 5.16. The number of H-pyrrole nitrogens is 1. The first-order valence-electron chi connectivity index (χ1n) is 6.66. The van der Waals surface area contributed by atoms with Gasteiger partial charge in [0.15, 0.2) is 0 Å². The smallest absolute Gasteiger partial charge is 0.245 e. The van der Waals surface area contributed by atoms with Crippen molar-refractivity contribution in [1.29, 1.82) is 0 Å². The van der Waals surface area contributed by atoms with E-state index < -0.39 is 10.0 Å². The number of sulfonamides is 1. The molecule has 0 radical (unpaired) electrons. The number of aliphatic hydroxyl groups is 1. The van der Waals surface area contributed by atoms with Gasteiger partial charge >= 0.3 is 0 Å². The van der Waals surface area contributed by atoms with Gasteiger partial charge in [0.2, 0.25) is 10.0 Å². The standard InChI is InChI=1S/C13H17N3O3S/c17-7-4-10-3-6-16(9-10)20(18,19)12-8-15-13-11(12)2-1-5-14-13/h1-2,5,8,10,17H,3-4,6-7,9H2,(H,14,15). The highest BCUT2D eigenvalue weighted by molar-refractivity contribution is 7.89. The van der Waals surface area contributed by atoms with Gasteiger partial charge in [-0.3, -0.25) is 0 Å². The van der Waals surface area contributed by atoms with E-state index in [1.54, 1.807) is 18.3 Å². The van der Waals surface area contributed by atoms with Gasteiger partial charge in [-0.1, -0.05) is 0 Å². The molecule has 0 bridgehead atoms. The lowest BCUT2D eigenvalue weighted by atomic mass is 10.1. The van der Waals surface area contributed by atoms with Crippen molar-refractivity contribution in [2.24, 2.45) is 5.92 Å². The topological polar surface area (TPSA) is 86.3 Å². The molecule has 1 aliphatic rings. The van der Waals surface area contributed by atoms with Crippen LogP contribution < -0.4 is 0 Å². The molecule has 0 aliphatic carbocycles. The summed E-state index contributed by atoms with van der Waals surface area (Å²) < 4.78 is 26.9. The summed E-state index contributed by atoms with van der Waals surface area (Å²) in [6.07, 6.45) is 4.59. The zero-order valence-corrected chi connectivity index (χ0v) is 11.8. The minimum absolute atomic E-state index is 0.107. The Kier molecular flexibility index (Phi) is 3.49. The van der Waals surface area contributed by atoms with Gasteiger partial charge in [0, 0.05) is 37.5 Å². The maximum Gasteiger partial charge on any atom is 0.245 e. The fourth-order valence-corrected chi connectivity index (χ4v) is 4.40. The molecule has 6 nitrogen and oxygen atoms in total. The number of aliphatic hydroxyl groups excluding tert-OH is 1. The van der Waals surface area contributed by atoms with Crippen LogP contribution in [0.4, 0.5) is 0 Å². The lowest BCUT2D eigenvalue weighted by molar-refractivity contribution is 0.260. The molecule has 1 saturated heterocycles. The maximum atomic E-state index is 12.7. The predicted molar refractivity (Wildman–Crippen MR) is 74.7 cm³/mol. The van der Waals surface area contributed by atoms with Crippen molar-refractivity contribution in [2.45, 2.75) is 17.7 Å². The lowest BCUT2D eigenvalue weighted by Gasteiger charge is -2.15. The van der Waals surface area contributed by atoms with Crippen LogP contribution in [-0.2, 0) is 10.0 Å². The Morgan fingerprint density at radius 3 is 3.15 bits per heavy atom. The summed E-state index contributed by atoms with van der Waals surface area (Å²) in [5.41, 5.74) is 0.581. The minimum atomic E-state index is -3.49. The molecule has 3 rings (SSSR count). The Morgan fingerprint density at radius 2 is 2.35 bits per heavy atom. The second-order valence-corrected chi connectivity index (χ2v) is 6.99. The summed E-state index contributed by atoms with van der Waals surface area (Å²) in [7, 11) is -3.49. The van der Waals surface area contributed by atoms with E-state index in [4.69, 9.17) is 5.11 Å². The zero-order valence-electron chi connectivity index (χ0n) is 11.0. The van der Waals surface area contributed by atoms with Gasteiger partial charge in [-0.2, -0.15) is 4.31 Å². The molecule has 1 aliphatic heterocycles. The van der Waals surface area contributed by atoms with Crippen LogP contribution in [0.5, 0.6) is 0 Å². The number of nitrogens with zero attached hydrogens (tertiary/aromatic N) is 2. The molecule has 1 unspecified atom stereocenters. The van der Waals surface area contributed by atoms with Crippen molar-refractivity contribution in [3.05, 3.63) is 24.5 Å². The molecule has 0 amide bonds. The van der Waals surface area contributed by atoms with Crippen molar-refractivity contribution in [1.82, 2.24) is 14.3 Å². The van der Waals surface area contributed by atoms with E-state index in [9.17, 15) is 8.42 Å². The number of hydrogen-bond donors (Lipinski definition) is 2. The SMILES string of the molecule is O=S(=O)(c1c[nH]c2ncccc12)N1CCC(CCO)C1. The number of aromatic amines is 1. The third kappa shape index (κ3) is 2.21. The minimum Gasteiger partial charge on any atom is -0.396 e. The number of pyridine rings is 1. The Balaban J connectivity index is 1.93. The Bertz CT molecular complexity index is 710. The van der Waals surface area contributed by atoms with Crippen LogP contribution in [0.15, 0.2) is 29.4 Å². The van der Waals surface area contributed by atoms with Gasteiger partial charge in [-0.25, -0.2) is 13.4 Å². The van der Waals surface area contributed by atoms with E-state index in [2.05, 4.69) is 9.97 Å². The third-order valence-electron chi connectivity index (χ3n) is 3.82. The first-order valence-corrected chi connectivity index (χ1v) is 8.10. The van der Waals surface area contributed by atoms with Crippen LogP contribution in [0.3, 0.4) is 0 Å². The molecule has 108 valence electrons. The molecule has 3 heterocycles. The van der Waals surface area contributed by atoms with Crippen LogP contribution in [-0.4, -0.2) is 47.5 Å². The molecule has 0 spiro atoms. The van der Waals surface area contributed by atoms with Crippen LogP contribution in [0.1, 0.15) is 12.8 Å². The molecule has 2 aromatic heterocycles. The molecule has 1 fully saturated rings. The first kappa shape index (κ1) is 13.5. The summed E-state index contributed by atoms with van der Waals surface area (Å²) in [6, 6.07) is 3.49. The third-order valence-corrected chi connectivity index (χ3v) is 5.72.